The molecule has 0 bridgehead atoms. The van der Waals surface area contributed by atoms with E-state index in [4.69, 9.17) is 0 Å². The molecule has 1 atom stereocenters. The number of nitrogens with zero attached hydrogens (tertiary/aromatic N) is 3. The Bertz CT molecular complexity index is 845. The first-order chi connectivity index (χ1) is 12.9. The van der Waals surface area contributed by atoms with Gasteiger partial charge >= 0.3 is 0 Å². The number of carbonyl (C=O) groups excluding carboxylic acids is 2. The summed E-state index contributed by atoms with van der Waals surface area (Å²) in [5.74, 6) is -4.74. The van der Waals surface area contributed by atoms with E-state index in [0.717, 1.165) is 17.8 Å². The van der Waals surface area contributed by atoms with Crippen LogP contribution >= 0.6 is 0 Å². The summed E-state index contributed by atoms with van der Waals surface area (Å²) < 4.78 is 41.8. The van der Waals surface area contributed by atoms with Gasteiger partial charge in [0.05, 0.1) is 25.2 Å². The van der Waals surface area contributed by atoms with E-state index in [0.29, 0.717) is 6.42 Å². The Morgan fingerprint density at radius 3 is 2.67 bits per heavy atom. The van der Waals surface area contributed by atoms with E-state index < -0.39 is 23.4 Å². The minimum atomic E-state index is -1.52. The average molecular weight is 380 g/mol. The first kappa shape index (κ1) is 18.9. The number of halogens is 3. The van der Waals surface area contributed by atoms with E-state index in [1.807, 2.05) is 0 Å². The Labute approximate surface area is 154 Å². The smallest absolute Gasteiger partial charge is 0.224 e. The fraction of sp³-hybridized carbons (Fsp3) is 0.389. The van der Waals surface area contributed by atoms with Crippen molar-refractivity contribution in [1.82, 2.24) is 19.8 Å². The summed E-state index contributed by atoms with van der Waals surface area (Å²) in [5, 5.41) is 2.74. The molecule has 1 aliphatic heterocycles. The van der Waals surface area contributed by atoms with Crippen molar-refractivity contribution in [3.63, 3.8) is 0 Å². The van der Waals surface area contributed by atoms with Crippen LogP contribution in [-0.4, -0.2) is 32.8 Å². The van der Waals surface area contributed by atoms with Crippen LogP contribution in [0.2, 0.25) is 0 Å². The average Bonchev–Trinajstić information content (AvgIpc) is 3.24. The highest BCUT2D eigenvalue weighted by Crippen LogP contribution is 2.30. The van der Waals surface area contributed by atoms with Crippen LogP contribution < -0.4 is 5.32 Å². The van der Waals surface area contributed by atoms with Gasteiger partial charge in [0.2, 0.25) is 11.8 Å². The Hall–Kier alpha value is -2.84. The van der Waals surface area contributed by atoms with Gasteiger partial charge in [0.1, 0.15) is 0 Å². The molecular formula is C18H19F3N4O2. The number of carbonyl (C=O) groups is 2. The van der Waals surface area contributed by atoms with Gasteiger partial charge < -0.3 is 14.8 Å². The van der Waals surface area contributed by atoms with E-state index in [1.54, 1.807) is 24.0 Å². The third-order valence-electron chi connectivity index (χ3n) is 4.60. The van der Waals surface area contributed by atoms with Crippen molar-refractivity contribution in [2.45, 2.75) is 38.9 Å². The first-order valence-electron chi connectivity index (χ1n) is 8.57. The number of hydrogen-bond donors (Lipinski definition) is 1. The van der Waals surface area contributed by atoms with Crippen LogP contribution in [0.25, 0.3) is 0 Å². The van der Waals surface area contributed by atoms with E-state index in [1.165, 1.54) is 4.90 Å². The maximum Gasteiger partial charge on any atom is 0.224 e. The second-order valence-electron chi connectivity index (χ2n) is 6.44. The molecule has 144 valence electrons. The Kier molecular flexibility index (Phi) is 5.48. The van der Waals surface area contributed by atoms with Crippen molar-refractivity contribution in [2.75, 3.05) is 6.54 Å². The van der Waals surface area contributed by atoms with Gasteiger partial charge in [-0.2, -0.15) is 0 Å². The third kappa shape index (κ3) is 4.12. The molecule has 1 saturated heterocycles. The van der Waals surface area contributed by atoms with E-state index in [2.05, 4.69) is 10.3 Å². The molecule has 1 aliphatic rings. The quantitative estimate of drug-likeness (QED) is 0.782. The number of amides is 2. The fourth-order valence-electron chi connectivity index (χ4n) is 3.06. The predicted octanol–water partition coefficient (Wildman–Crippen LogP) is 2.30. The van der Waals surface area contributed by atoms with Crippen LogP contribution in [0.15, 0.2) is 24.7 Å². The monoisotopic (exact) mass is 380 g/mol. The predicted molar refractivity (Wildman–Crippen MR) is 89.8 cm³/mol. The molecule has 2 heterocycles. The normalized spacial score (nSPS) is 16.8. The SMILES string of the molecule is CCC(=O)NCc1cncn1CN1CC(c2cc(F)c(F)c(F)c2)CC1=O. The Morgan fingerprint density at radius 2 is 2.00 bits per heavy atom. The number of aromatic nitrogens is 2. The second-order valence-corrected chi connectivity index (χ2v) is 6.44. The lowest BCUT2D eigenvalue weighted by molar-refractivity contribution is -0.129. The lowest BCUT2D eigenvalue weighted by atomic mass is 9.98. The number of imidazole rings is 1. The zero-order valence-corrected chi connectivity index (χ0v) is 14.7. The number of hydrogen-bond acceptors (Lipinski definition) is 3. The lowest BCUT2D eigenvalue weighted by Gasteiger charge is -2.19. The Balaban J connectivity index is 1.69. The first-order valence-corrected chi connectivity index (χ1v) is 8.57. The van der Waals surface area contributed by atoms with E-state index in [-0.39, 0.29) is 43.6 Å². The van der Waals surface area contributed by atoms with Crippen LogP contribution in [-0.2, 0) is 22.8 Å². The molecule has 27 heavy (non-hydrogen) atoms. The zero-order chi connectivity index (χ0) is 19.6. The molecule has 2 amide bonds. The summed E-state index contributed by atoms with van der Waals surface area (Å²) in [6.45, 7) is 2.49. The number of nitrogens with one attached hydrogen (secondary N) is 1. The molecule has 1 aromatic carbocycles. The van der Waals surface area contributed by atoms with Crippen LogP contribution in [0.3, 0.4) is 0 Å². The van der Waals surface area contributed by atoms with E-state index >= 15 is 0 Å². The van der Waals surface area contributed by atoms with Gasteiger partial charge in [0, 0.05) is 31.5 Å². The highest BCUT2D eigenvalue weighted by atomic mass is 19.2. The van der Waals surface area contributed by atoms with Gasteiger partial charge in [-0.1, -0.05) is 6.92 Å². The third-order valence-corrected chi connectivity index (χ3v) is 4.60. The molecule has 2 aromatic rings. The molecule has 0 spiro atoms. The molecule has 6 nitrogen and oxygen atoms in total. The van der Waals surface area contributed by atoms with Crippen LogP contribution in [0.4, 0.5) is 13.2 Å². The molecule has 0 saturated carbocycles. The number of benzene rings is 1. The number of likely N-dealkylation sites (tertiary alicyclic amines) is 1. The van der Waals surface area contributed by atoms with Gasteiger partial charge in [-0.3, -0.25) is 9.59 Å². The highest BCUT2D eigenvalue weighted by molar-refractivity contribution is 5.79. The largest absolute Gasteiger partial charge is 0.350 e. The summed E-state index contributed by atoms with van der Waals surface area (Å²) in [6, 6.07) is 1.87. The zero-order valence-electron chi connectivity index (χ0n) is 14.7. The maximum atomic E-state index is 13.5. The molecule has 9 heteroatoms. The van der Waals surface area contributed by atoms with Crippen molar-refractivity contribution in [1.29, 1.82) is 0 Å². The van der Waals surface area contributed by atoms with Gasteiger partial charge in [-0.25, -0.2) is 18.2 Å². The van der Waals surface area contributed by atoms with Gasteiger partial charge in [-0.05, 0) is 17.7 Å². The molecule has 3 rings (SSSR count). The van der Waals surface area contributed by atoms with Gasteiger partial charge in [-0.15, -0.1) is 0 Å². The maximum absolute atomic E-state index is 13.5. The number of rotatable bonds is 6. The fourth-order valence-corrected chi connectivity index (χ4v) is 3.06. The van der Waals surface area contributed by atoms with Crippen molar-refractivity contribution < 1.29 is 22.8 Å². The summed E-state index contributed by atoms with van der Waals surface area (Å²) in [5.41, 5.74) is 0.982. The summed E-state index contributed by atoms with van der Waals surface area (Å²) >= 11 is 0. The standard InChI is InChI=1S/C18H19F3N4O2/c1-2-16(26)23-7-13-6-22-9-25(13)10-24-8-12(5-17(24)27)11-3-14(19)18(21)15(20)4-11/h3-4,6,9,12H,2,5,7-8,10H2,1H3,(H,23,26). The molecule has 0 aliphatic carbocycles. The van der Waals surface area contributed by atoms with Crippen molar-refractivity contribution in [2.24, 2.45) is 0 Å². The van der Waals surface area contributed by atoms with Crippen LogP contribution in [0.5, 0.6) is 0 Å². The van der Waals surface area contributed by atoms with Crippen molar-refractivity contribution in [3.05, 3.63) is 53.4 Å². The summed E-state index contributed by atoms with van der Waals surface area (Å²) in [7, 11) is 0. The van der Waals surface area contributed by atoms with Gasteiger partial charge in [0.15, 0.2) is 17.5 Å². The molecule has 1 unspecified atom stereocenters. The van der Waals surface area contributed by atoms with Crippen LogP contribution in [0, 0.1) is 17.5 Å². The van der Waals surface area contributed by atoms with Crippen molar-refractivity contribution >= 4 is 11.8 Å². The molecule has 1 fully saturated rings. The highest BCUT2D eigenvalue weighted by Gasteiger charge is 2.32. The molecule has 0 radical (unpaired) electrons. The Morgan fingerprint density at radius 1 is 1.30 bits per heavy atom. The summed E-state index contributed by atoms with van der Waals surface area (Å²) in [4.78, 5) is 29.3. The van der Waals surface area contributed by atoms with E-state index in [9.17, 15) is 22.8 Å². The van der Waals surface area contributed by atoms with Crippen molar-refractivity contribution in [3.8, 4) is 0 Å². The molecule has 1 N–H and O–H groups in total. The topological polar surface area (TPSA) is 67.2 Å². The van der Waals surface area contributed by atoms with Crippen LogP contribution in [0.1, 0.15) is 36.9 Å². The minimum Gasteiger partial charge on any atom is -0.350 e. The second kappa shape index (κ2) is 7.81. The molecular weight excluding hydrogens is 361 g/mol. The summed E-state index contributed by atoms with van der Waals surface area (Å²) in [6.07, 6.45) is 3.59. The molecule has 1 aromatic heterocycles. The minimum absolute atomic E-state index is 0.0844. The van der Waals surface area contributed by atoms with Gasteiger partial charge in [0.25, 0.3) is 0 Å². The lowest BCUT2D eigenvalue weighted by Crippen LogP contribution is -2.30.